The molecule has 0 spiro atoms. The Morgan fingerprint density at radius 3 is 2.40 bits per heavy atom. The highest BCUT2D eigenvalue weighted by molar-refractivity contribution is 7.27. The van der Waals surface area contributed by atoms with Gasteiger partial charge < -0.3 is 16.0 Å². The lowest BCUT2D eigenvalue weighted by molar-refractivity contribution is -0.114. The summed E-state index contributed by atoms with van der Waals surface area (Å²) in [5.74, 6) is -0.780. The Morgan fingerprint density at radius 2 is 1.77 bits per heavy atom. The lowest BCUT2D eigenvalue weighted by Crippen LogP contribution is -2.28. The summed E-state index contributed by atoms with van der Waals surface area (Å²) in [4.78, 5) is 22.4. The topological polar surface area (TPSA) is 121 Å². The Balaban J connectivity index is 1.69. The van der Waals surface area contributed by atoms with Crippen molar-refractivity contribution in [1.29, 1.82) is 5.41 Å². The predicted molar refractivity (Wildman–Crippen MR) is 129 cm³/mol. The van der Waals surface area contributed by atoms with Crippen molar-refractivity contribution in [2.24, 2.45) is 0 Å². The highest BCUT2D eigenvalue weighted by Gasteiger charge is 2.38. The molecular weight excluding hydrogens is 480 g/mol. The summed E-state index contributed by atoms with van der Waals surface area (Å²) >= 11 is 0. The number of aryl methyl sites for hydroxylation is 1. The number of anilines is 2. The third kappa shape index (κ3) is 5.02. The highest BCUT2D eigenvalue weighted by Crippen LogP contribution is 2.33. The molecule has 0 radical (unpaired) electrons. The zero-order chi connectivity index (χ0) is 25.2. The van der Waals surface area contributed by atoms with Crippen molar-refractivity contribution in [2.75, 3.05) is 10.6 Å². The number of carbonyl (C=O) groups excluding carboxylic acids is 1. The standard InChI is InChI=1S/C22H18F3N8OP/c1-12-14-4-2-3-5-15(14)17(11-27-12)32-19(22(23,24)25)16(9-26)21(34)31-13-8-18(35)20(28-10-13)33-29-6-7-30-33/h2-11,26,32H,35H2,1H3,(H,31,34)/b19-16+,26-9?. The fourth-order valence-electron chi connectivity index (χ4n) is 3.34. The van der Waals surface area contributed by atoms with Crippen LogP contribution in [0.3, 0.4) is 0 Å². The van der Waals surface area contributed by atoms with Crippen LogP contribution in [0.15, 0.2) is 66.4 Å². The zero-order valence-electron chi connectivity index (χ0n) is 18.1. The molecule has 0 saturated carbocycles. The maximum Gasteiger partial charge on any atom is 0.432 e. The Morgan fingerprint density at radius 1 is 1.09 bits per heavy atom. The van der Waals surface area contributed by atoms with Crippen molar-refractivity contribution >= 4 is 48.8 Å². The maximum atomic E-state index is 14.0. The Hall–Kier alpha value is -4.18. The number of hydrogen-bond donors (Lipinski definition) is 3. The van der Waals surface area contributed by atoms with E-state index < -0.39 is 23.4 Å². The van der Waals surface area contributed by atoms with Crippen LogP contribution in [-0.4, -0.2) is 43.3 Å². The van der Waals surface area contributed by atoms with Crippen molar-refractivity contribution < 1.29 is 18.0 Å². The maximum absolute atomic E-state index is 14.0. The largest absolute Gasteiger partial charge is 0.432 e. The minimum Gasteiger partial charge on any atom is -0.349 e. The number of rotatable bonds is 6. The summed E-state index contributed by atoms with van der Waals surface area (Å²) in [7, 11) is 2.39. The van der Waals surface area contributed by atoms with E-state index >= 15 is 0 Å². The van der Waals surface area contributed by atoms with Gasteiger partial charge in [0, 0.05) is 28.0 Å². The number of nitrogens with one attached hydrogen (secondary N) is 3. The van der Waals surface area contributed by atoms with E-state index in [0.717, 1.165) is 0 Å². The molecule has 4 rings (SSSR count). The first kappa shape index (κ1) is 24.0. The number of pyridine rings is 2. The smallest absolute Gasteiger partial charge is 0.349 e. The SMILES string of the molecule is Cc1ncc(N/C(=C(\C=N)C(=O)Nc2cnc(-n3nccn3)c(P)c2)C(F)(F)F)c2ccccc12. The summed E-state index contributed by atoms with van der Waals surface area (Å²) in [5, 5.41) is 21.8. The average Bonchev–Trinajstić information content (AvgIpc) is 3.34. The van der Waals surface area contributed by atoms with Crippen molar-refractivity contribution in [2.45, 2.75) is 13.1 Å². The van der Waals surface area contributed by atoms with Gasteiger partial charge in [0.05, 0.1) is 41.7 Å². The average molecular weight is 498 g/mol. The van der Waals surface area contributed by atoms with Crippen LogP contribution >= 0.6 is 9.24 Å². The molecule has 3 aromatic heterocycles. The summed E-state index contributed by atoms with van der Waals surface area (Å²) in [5.41, 5.74) is -1.49. The van der Waals surface area contributed by atoms with Gasteiger partial charge in [-0.25, -0.2) is 4.98 Å². The Bertz CT molecular complexity index is 1450. The van der Waals surface area contributed by atoms with Crippen molar-refractivity contribution in [3.8, 4) is 5.82 Å². The Labute approximate surface area is 199 Å². The van der Waals surface area contributed by atoms with Crippen LogP contribution in [0.4, 0.5) is 24.5 Å². The fourth-order valence-corrected chi connectivity index (χ4v) is 3.71. The third-order valence-corrected chi connectivity index (χ3v) is 5.38. The van der Waals surface area contributed by atoms with Crippen molar-refractivity contribution in [1.82, 2.24) is 25.0 Å². The third-order valence-electron chi connectivity index (χ3n) is 4.96. The first-order valence-electron chi connectivity index (χ1n) is 10.1. The van der Waals surface area contributed by atoms with Crippen LogP contribution in [0.5, 0.6) is 0 Å². The van der Waals surface area contributed by atoms with Gasteiger partial charge in [-0.1, -0.05) is 24.3 Å². The van der Waals surface area contributed by atoms with Crippen molar-refractivity contribution in [3.63, 3.8) is 0 Å². The summed E-state index contributed by atoms with van der Waals surface area (Å²) in [6.45, 7) is 1.74. The number of allylic oxidation sites excluding steroid dienone is 1. The van der Waals surface area contributed by atoms with Crippen molar-refractivity contribution in [3.05, 3.63) is 72.1 Å². The van der Waals surface area contributed by atoms with Gasteiger partial charge >= 0.3 is 6.18 Å². The quantitative estimate of drug-likeness (QED) is 0.212. The molecule has 1 atom stereocenters. The van der Waals surface area contributed by atoms with E-state index in [9.17, 15) is 18.0 Å². The molecule has 4 aromatic rings. The number of halogens is 3. The van der Waals surface area contributed by atoms with Gasteiger partial charge in [0.2, 0.25) is 0 Å². The molecule has 13 heteroatoms. The van der Waals surface area contributed by atoms with E-state index in [0.29, 0.717) is 33.8 Å². The van der Waals surface area contributed by atoms with E-state index in [1.165, 1.54) is 35.7 Å². The fraction of sp³-hybridized carbons (Fsp3) is 0.0909. The predicted octanol–water partition coefficient (Wildman–Crippen LogP) is 3.54. The molecule has 3 N–H and O–H groups in total. The van der Waals surface area contributed by atoms with Gasteiger partial charge in [-0.3, -0.25) is 9.78 Å². The number of benzene rings is 1. The molecule has 9 nitrogen and oxygen atoms in total. The van der Waals surface area contributed by atoms with Crippen LogP contribution in [0.1, 0.15) is 5.69 Å². The molecule has 3 heterocycles. The highest BCUT2D eigenvalue weighted by atomic mass is 31.0. The van der Waals surface area contributed by atoms with Crippen LogP contribution in [-0.2, 0) is 4.79 Å². The lowest BCUT2D eigenvalue weighted by Gasteiger charge is -2.19. The van der Waals surface area contributed by atoms with Gasteiger partial charge in [0.15, 0.2) is 5.82 Å². The van der Waals surface area contributed by atoms with Gasteiger partial charge in [-0.15, -0.1) is 14.0 Å². The molecule has 35 heavy (non-hydrogen) atoms. The first-order chi connectivity index (χ1) is 16.7. The van der Waals surface area contributed by atoms with E-state index in [1.54, 1.807) is 31.2 Å². The number of hydrogen-bond acceptors (Lipinski definition) is 7. The summed E-state index contributed by atoms with van der Waals surface area (Å²) in [6, 6.07) is 8.30. The van der Waals surface area contributed by atoms with Gasteiger partial charge in [-0.05, 0) is 13.0 Å². The van der Waals surface area contributed by atoms with Crippen LogP contribution in [0.25, 0.3) is 16.6 Å². The Kier molecular flexibility index (Phi) is 6.57. The molecule has 1 aromatic carbocycles. The summed E-state index contributed by atoms with van der Waals surface area (Å²) < 4.78 is 42.1. The number of amides is 1. The number of carbonyl (C=O) groups is 1. The van der Waals surface area contributed by atoms with E-state index in [2.05, 4.69) is 40.0 Å². The van der Waals surface area contributed by atoms with E-state index in [4.69, 9.17) is 5.41 Å². The molecule has 0 fully saturated rings. The molecular formula is C22H18F3N8OP. The molecule has 0 aliphatic carbocycles. The van der Waals surface area contributed by atoms with Gasteiger partial charge in [0.25, 0.3) is 5.91 Å². The molecule has 0 aliphatic heterocycles. The molecule has 1 unspecified atom stereocenters. The van der Waals surface area contributed by atoms with Crippen LogP contribution in [0, 0.1) is 12.3 Å². The van der Waals surface area contributed by atoms with Crippen LogP contribution < -0.4 is 15.9 Å². The van der Waals surface area contributed by atoms with Gasteiger partial charge in [0.1, 0.15) is 5.70 Å². The number of aromatic nitrogens is 5. The second-order valence-electron chi connectivity index (χ2n) is 7.27. The molecule has 0 bridgehead atoms. The number of alkyl halides is 3. The van der Waals surface area contributed by atoms with Gasteiger partial charge in [-0.2, -0.15) is 23.4 Å². The molecule has 1 amide bonds. The van der Waals surface area contributed by atoms with E-state index in [1.807, 2.05) is 0 Å². The second-order valence-corrected chi connectivity index (χ2v) is 7.89. The lowest BCUT2D eigenvalue weighted by atomic mass is 10.1. The molecule has 0 saturated heterocycles. The molecule has 0 aliphatic rings. The van der Waals surface area contributed by atoms with E-state index in [-0.39, 0.29) is 11.4 Å². The first-order valence-corrected chi connectivity index (χ1v) is 10.6. The zero-order valence-corrected chi connectivity index (χ0v) is 19.3. The monoisotopic (exact) mass is 498 g/mol. The number of nitrogens with zero attached hydrogens (tertiary/aromatic N) is 5. The molecule has 178 valence electrons. The second kappa shape index (κ2) is 9.59. The minimum absolute atomic E-state index is 0.0515. The van der Waals surface area contributed by atoms with Crippen LogP contribution in [0.2, 0.25) is 0 Å². The minimum atomic E-state index is -4.96. The number of fused-ring (bicyclic) bond motifs is 1. The normalized spacial score (nSPS) is 12.3. The summed E-state index contributed by atoms with van der Waals surface area (Å²) in [6.07, 6.45) is 0.823.